The summed E-state index contributed by atoms with van der Waals surface area (Å²) >= 11 is 0. The minimum Gasteiger partial charge on any atom is -0.456 e. The summed E-state index contributed by atoms with van der Waals surface area (Å²) in [6.45, 7) is 13.0. The zero-order valence-corrected chi connectivity index (χ0v) is 20.0. The highest BCUT2D eigenvalue weighted by Crippen LogP contribution is 2.43. The first-order valence-corrected chi connectivity index (χ1v) is 11.6. The van der Waals surface area contributed by atoms with Crippen LogP contribution < -0.4 is 0 Å². The number of carbonyl (C=O) groups excluding carboxylic acids is 2. The molecule has 2 saturated heterocycles. The van der Waals surface area contributed by atoms with Crippen molar-refractivity contribution in [2.24, 2.45) is 0 Å². The molecular weight excluding hydrogens is 411 g/mol. The van der Waals surface area contributed by atoms with Gasteiger partial charge in [-0.25, -0.2) is 14.0 Å². The lowest BCUT2D eigenvalue weighted by atomic mass is 9.98. The van der Waals surface area contributed by atoms with Gasteiger partial charge in [-0.15, -0.1) is 0 Å². The number of esters is 1. The Bertz CT molecular complexity index is 914. The van der Waals surface area contributed by atoms with Crippen LogP contribution in [0.5, 0.6) is 0 Å². The van der Waals surface area contributed by atoms with Crippen LogP contribution in [0.1, 0.15) is 88.2 Å². The van der Waals surface area contributed by atoms with E-state index < -0.39 is 23.0 Å². The zero-order valence-electron chi connectivity index (χ0n) is 20.0. The van der Waals surface area contributed by atoms with Crippen molar-refractivity contribution in [1.82, 2.24) is 9.80 Å². The van der Waals surface area contributed by atoms with Crippen molar-refractivity contribution in [2.75, 3.05) is 13.1 Å². The molecule has 1 aromatic rings. The lowest BCUT2D eigenvalue weighted by Gasteiger charge is -2.35. The van der Waals surface area contributed by atoms with Crippen molar-refractivity contribution in [3.63, 3.8) is 0 Å². The molecule has 0 N–H and O–H groups in total. The van der Waals surface area contributed by atoms with Gasteiger partial charge in [0.1, 0.15) is 17.0 Å². The Morgan fingerprint density at radius 1 is 1.00 bits per heavy atom. The number of halogens is 1. The largest absolute Gasteiger partial charge is 0.456 e. The number of ether oxygens (including phenoxy) is 2. The lowest BCUT2D eigenvalue weighted by Crippen LogP contribution is -2.49. The van der Waals surface area contributed by atoms with Gasteiger partial charge in [-0.2, -0.15) is 0 Å². The van der Waals surface area contributed by atoms with E-state index in [1.807, 2.05) is 25.7 Å². The molecule has 176 valence electrons. The van der Waals surface area contributed by atoms with Gasteiger partial charge in [-0.1, -0.05) is 0 Å². The Labute approximate surface area is 190 Å². The molecule has 0 unspecified atom stereocenters. The second-order valence-electron chi connectivity index (χ2n) is 11.4. The third kappa shape index (κ3) is 5.08. The summed E-state index contributed by atoms with van der Waals surface area (Å²) in [5.74, 6) is -0.764. The maximum Gasteiger partial charge on any atom is 0.410 e. The average Bonchev–Trinajstić information content (AvgIpc) is 3.28. The number of benzene rings is 1. The van der Waals surface area contributed by atoms with Crippen LogP contribution in [-0.2, 0) is 16.0 Å². The number of nitrogens with zero attached hydrogens (tertiary/aromatic N) is 2. The minimum atomic E-state index is -0.670. The molecule has 0 spiro atoms. The fourth-order valence-electron chi connectivity index (χ4n) is 4.74. The first-order chi connectivity index (χ1) is 14.8. The van der Waals surface area contributed by atoms with Crippen molar-refractivity contribution in [3.8, 4) is 0 Å². The smallest absolute Gasteiger partial charge is 0.410 e. The van der Waals surface area contributed by atoms with E-state index in [0.717, 1.165) is 36.9 Å². The van der Waals surface area contributed by atoms with E-state index in [9.17, 15) is 14.0 Å². The lowest BCUT2D eigenvalue weighted by molar-refractivity contribution is 0.00632. The Kier molecular flexibility index (Phi) is 5.76. The van der Waals surface area contributed by atoms with Crippen molar-refractivity contribution < 1.29 is 23.5 Å². The molecule has 1 aliphatic carbocycles. The molecule has 1 aromatic carbocycles. The monoisotopic (exact) mass is 446 g/mol. The van der Waals surface area contributed by atoms with Crippen LogP contribution in [0.3, 0.4) is 0 Å². The van der Waals surface area contributed by atoms with Gasteiger partial charge in [-0.3, -0.25) is 4.90 Å². The molecule has 1 saturated carbocycles. The maximum absolute atomic E-state index is 14.9. The van der Waals surface area contributed by atoms with E-state index in [-0.39, 0.29) is 23.7 Å². The summed E-state index contributed by atoms with van der Waals surface area (Å²) in [6, 6.07) is 3.60. The number of piperazine rings is 1. The molecule has 3 fully saturated rings. The number of rotatable bonds is 4. The molecule has 0 radical (unpaired) electrons. The number of amides is 1. The van der Waals surface area contributed by atoms with Gasteiger partial charge >= 0.3 is 12.1 Å². The summed E-state index contributed by atoms with van der Waals surface area (Å²) in [5.41, 5.74) is 0.833. The Morgan fingerprint density at radius 3 is 2.19 bits per heavy atom. The van der Waals surface area contributed by atoms with Crippen LogP contribution in [0.4, 0.5) is 9.18 Å². The molecule has 4 rings (SSSR count). The van der Waals surface area contributed by atoms with Crippen molar-refractivity contribution >= 4 is 12.1 Å². The van der Waals surface area contributed by atoms with E-state index in [0.29, 0.717) is 19.0 Å². The highest BCUT2D eigenvalue weighted by Gasteiger charge is 2.46. The molecule has 0 aromatic heterocycles. The van der Waals surface area contributed by atoms with Gasteiger partial charge in [0.25, 0.3) is 0 Å². The molecule has 7 heteroatoms. The van der Waals surface area contributed by atoms with Crippen molar-refractivity contribution in [1.29, 1.82) is 0 Å². The number of hydrogen-bond acceptors (Lipinski definition) is 5. The third-order valence-corrected chi connectivity index (χ3v) is 6.22. The van der Waals surface area contributed by atoms with Gasteiger partial charge in [0.15, 0.2) is 0 Å². The Hall–Kier alpha value is -2.15. The fourth-order valence-corrected chi connectivity index (χ4v) is 4.74. The van der Waals surface area contributed by atoms with Crippen molar-refractivity contribution in [2.45, 2.75) is 96.6 Å². The fraction of sp³-hybridized carbons (Fsp3) is 0.680. The SMILES string of the molecule is CC(C)(C)OC(=O)c1cc(C2CC2)c(CN2C[C@@H]3C[C@H]2CN3C(=O)OC(C)(C)C)cc1F. The summed E-state index contributed by atoms with van der Waals surface area (Å²) < 4.78 is 25.9. The number of carbonyl (C=O) groups is 2. The minimum absolute atomic E-state index is 0.0182. The molecule has 3 aliphatic rings. The van der Waals surface area contributed by atoms with Gasteiger partial charge < -0.3 is 14.4 Å². The number of fused-ring (bicyclic) bond motifs is 2. The zero-order chi connectivity index (χ0) is 23.4. The van der Waals surface area contributed by atoms with E-state index >= 15 is 0 Å². The second-order valence-corrected chi connectivity index (χ2v) is 11.4. The molecule has 6 nitrogen and oxygen atoms in total. The highest BCUT2D eigenvalue weighted by molar-refractivity contribution is 5.90. The van der Waals surface area contributed by atoms with E-state index in [1.165, 1.54) is 6.07 Å². The molecule has 32 heavy (non-hydrogen) atoms. The summed E-state index contributed by atoms with van der Waals surface area (Å²) in [5, 5.41) is 0. The predicted molar refractivity (Wildman–Crippen MR) is 119 cm³/mol. The Morgan fingerprint density at radius 2 is 1.66 bits per heavy atom. The second kappa shape index (κ2) is 8.01. The molecule has 2 aliphatic heterocycles. The van der Waals surface area contributed by atoms with Crippen molar-refractivity contribution in [3.05, 3.63) is 34.6 Å². The summed E-state index contributed by atoms with van der Waals surface area (Å²) in [6.07, 6.45) is 2.78. The van der Waals surface area contributed by atoms with Crippen LogP contribution in [0.25, 0.3) is 0 Å². The van der Waals surface area contributed by atoms with Crippen LogP contribution in [-0.4, -0.2) is 58.2 Å². The van der Waals surface area contributed by atoms with Crippen LogP contribution in [0.15, 0.2) is 12.1 Å². The van der Waals surface area contributed by atoms with Gasteiger partial charge in [0.05, 0.1) is 5.56 Å². The number of hydrogen-bond donors (Lipinski definition) is 0. The standard InChI is InChI=1S/C25H35FN2O4/c1-24(2,3)31-22(29)20-11-19(15-7-8-15)16(9-21(20)26)12-27-13-18-10-17(27)14-28(18)23(30)32-25(4,5)6/h9,11,15,17-18H,7-8,10,12-14H2,1-6H3/t17-,18-/m0/s1. The van der Waals surface area contributed by atoms with E-state index in [4.69, 9.17) is 9.47 Å². The quantitative estimate of drug-likeness (QED) is 0.619. The molecule has 1 amide bonds. The molecule has 2 bridgehead atoms. The number of likely N-dealkylation sites (tertiary alicyclic amines) is 2. The maximum atomic E-state index is 14.9. The molecule has 2 heterocycles. The van der Waals surface area contributed by atoms with Gasteiger partial charge in [-0.05, 0) is 90.0 Å². The van der Waals surface area contributed by atoms with Gasteiger partial charge in [0.2, 0.25) is 0 Å². The Balaban J connectivity index is 1.47. The highest BCUT2D eigenvalue weighted by atomic mass is 19.1. The first-order valence-electron chi connectivity index (χ1n) is 11.6. The average molecular weight is 447 g/mol. The first kappa shape index (κ1) is 23.0. The van der Waals surface area contributed by atoms with Crippen LogP contribution in [0.2, 0.25) is 0 Å². The molecule has 2 atom stereocenters. The van der Waals surface area contributed by atoms with Gasteiger partial charge in [0, 0.05) is 31.7 Å². The van der Waals surface area contributed by atoms with E-state index in [2.05, 4.69) is 4.90 Å². The third-order valence-electron chi connectivity index (χ3n) is 6.22. The van der Waals surface area contributed by atoms with Crippen LogP contribution >= 0.6 is 0 Å². The summed E-state index contributed by atoms with van der Waals surface area (Å²) in [7, 11) is 0. The van der Waals surface area contributed by atoms with E-state index in [1.54, 1.807) is 26.8 Å². The van der Waals surface area contributed by atoms with Crippen LogP contribution in [0, 0.1) is 5.82 Å². The summed E-state index contributed by atoms with van der Waals surface area (Å²) in [4.78, 5) is 29.2. The normalized spacial score (nSPS) is 23.5. The molecular formula is C25H35FN2O4. The topological polar surface area (TPSA) is 59.1 Å². The predicted octanol–water partition coefficient (Wildman–Crippen LogP) is 4.85.